The third-order valence-corrected chi connectivity index (χ3v) is 6.38. The number of carbonyl (C=O) groups is 1. The van der Waals surface area contributed by atoms with Gasteiger partial charge in [-0.25, -0.2) is 8.42 Å². The van der Waals surface area contributed by atoms with Crippen LogP contribution < -0.4 is 15.8 Å². The lowest BCUT2D eigenvalue weighted by atomic mass is 9.84. The van der Waals surface area contributed by atoms with Crippen LogP contribution in [0.2, 0.25) is 0 Å². The number of benzene rings is 2. The lowest BCUT2D eigenvalue weighted by Crippen LogP contribution is -2.44. The molecular formula is C20H26ClN3O3S. The Balaban J connectivity index is 0.00000280. The second-order valence-corrected chi connectivity index (χ2v) is 8.54. The number of carbonyl (C=O) groups excluding carboxylic acids is 1. The average molecular weight is 424 g/mol. The number of hydrogen-bond acceptors (Lipinski definition) is 4. The molecule has 0 bridgehead atoms. The number of anilines is 1. The molecule has 1 amide bonds. The molecule has 1 aliphatic carbocycles. The van der Waals surface area contributed by atoms with Crippen LogP contribution in [0.1, 0.15) is 36.0 Å². The molecule has 152 valence electrons. The standard InChI is InChI=1S/C20H25N3O3S.ClH/c21-14-16-6-4-5-9-19(16)22-20(24)15-10-12-18(13-11-15)27(25,26)23-17-7-2-1-3-8-17;/h1-3,7-8,10-13,16,19,23H,4-6,9,14,21H2,(H,22,24);1H. The maximum atomic E-state index is 12.5. The van der Waals surface area contributed by atoms with Crippen molar-refractivity contribution < 1.29 is 13.2 Å². The van der Waals surface area contributed by atoms with Crippen LogP contribution in [-0.2, 0) is 10.0 Å². The average Bonchev–Trinajstić information content (AvgIpc) is 2.69. The fraction of sp³-hybridized carbons (Fsp3) is 0.350. The van der Waals surface area contributed by atoms with E-state index in [9.17, 15) is 13.2 Å². The van der Waals surface area contributed by atoms with E-state index in [1.54, 1.807) is 24.3 Å². The Labute approximate surface area is 172 Å². The zero-order valence-electron chi connectivity index (χ0n) is 15.5. The largest absolute Gasteiger partial charge is 0.349 e. The Morgan fingerprint density at radius 1 is 1.00 bits per heavy atom. The quantitative estimate of drug-likeness (QED) is 0.664. The molecule has 3 rings (SSSR count). The van der Waals surface area contributed by atoms with E-state index in [2.05, 4.69) is 10.0 Å². The van der Waals surface area contributed by atoms with E-state index in [1.807, 2.05) is 6.07 Å². The Morgan fingerprint density at radius 2 is 1.64 bits per heavy atom. The van der Waals surface area contributed by atoms with Gasteiger partial charge in [-0.3, -0.25) is 9.52 Å². The molecule has 0 heterocycles. The second-order valence-electron chi connectivity index (χ2n) is 6.86. The van der Waals surface area contributed by atoms with Crippen molar-refractivity contribution in [2.45, 2.75) is 36.6 Å². The fourth-order valence-electron chi connectivity index (χ4n) is 3.44. The highest BCUT2D eigenvalue weighted by Crippen LogP contribution is 2.24. The first-order valence-electron chi connectivity index (χ1n) is 9.18. The summed E-state index contributed by atoms with van der Waals surface area (Å²) in [4.78, 5) is 12.6. The molecule has 0 aromatic heterocycles. The molecule has 1 aliphatic rings. The Morgan fingerprint density at radius 3 is 2.29 bits per heavy atom. The van der Waals surface area contributed by atoms with Gasteiger partial charge in [-0.1, -0.05) is 31.0 Å². The van der Waals surface area contributed by atoms with Crippen LogP contribution in [0, 0.1) is 5.92 Å². The van der Waals surface area contributed by atoms with Crippen LogP contribution in [0.25, 0.3) is 0 Å². The first-order valence-corrected chi connectivity index (χ1v) is 10.7. The van der Waals surface area contributed by atoms with Crippen LogP contribution in [0.5, 0.6) is 0 Å². The zero-order valence-corrected chi connectivity index (χ0v) is 17.1. The van der Waals surface area contributed by atoms with Gasteiger partial charge in [-0.2, -0.15) is 0 Å². The van der Waals surface area contributed by atoms with Gasteiger partial charge < -0.3 is 11.1 Å². The number of nitrogens with one attached hydrogen (secondary N) is 2. The fourth-order valence-corrected chi connectivity index (χ4v) is 4.50. The molecule has 2 unspecified atom stereocenters. The lowest BCUT2D eigenvalue weighted by Gasteiger charge is -2.31. The van der Waals surface area contributed by atoms with Crippen molar-refractivity contribution >= 4 is 34.0 Å². The molecule has 6 nitrogen and oxygen atoms in total. The van der Waals surface area contributed by atoms with Crippen molar-refractivity contribution in [1.82, 2.24) is 5.32 Å². The Kier molecular flexibility index (Phi) is 7.86. The minimum Gasteiger partial charge on any atom is -0.349 e. The number of para-hydroxylation sites is 1. The molecule has 8 heteroatoms. The van der Waals surface area contributed by atoms with E-state index in [1.165, 1.54) is 24.3 Å². The van der Waals surface area contributed by atoms with E-state index in [0.717, 1.165) is 25.7 Å². The van der Waals surface area contributed by atoms with Crippen LogP contribution in [0.3, 0.4) is 0 Å². The third-order valence-electron chi connectivity index (χ3n) is 4.98. The predicted molar refractivity (Wildman–Crippen MR) is 113 cm³/mol. The normalized spacial score (nSPS) is 19.3. The van der Waals surface area contributed by atoms with Gasteiger partial charge in [0.15, 0.2) is 0 Å². The number of sulfonamides is 1. The summed E-state index contributed by atoms with van der Waals surface area (Å²) in [5.41, 5.74) is 6.74. The van der Waals surface area contributed by atoms with Gasteiger partial charge in [0.1, 0.15) is 0 Å². The van der Waals surface area contributed by atoms with Crippen molar-refractivity contribution in [2.24, 2.45) is 11.7 Å². The van der Waals surface area contributed by atoms with E-state index in [4.69, 9.17) is 5.73 Å². The summed E-state index contributed by atoms with van der Waals surface area (Å²) >= 11 is 0. The highest BCUT2D eigenvalue weighted by molar-refractivity contribution is 7.92. The highest BCUT2D eigenvalue weighted by atomic mass is 35.5. The highest BCUT2D eigenvalue weighted by Gasteiger charge is 2.25. The summed E-state index contributed by atoms with van der Waals surface area (Å²) < 4.78 is 27.4. The number of amides is 1. The van der Waals surface area contributed by atoms with Gasteiger partial charge >= 0.3 is 0 Å². The Hall–Kier alpha value is -2.09. The number of halogens is 1. The van der Waals surface area contributed by atoms with Gasteiger partial charge in [0, 0.05) is 17.3 Å². The maximum Gasteiger partial charge on any atom is 0.261 e. The smallest absolute Gasteiger partial charge is 0.261 e. The molecule has 1 saturated carbocycles. The summed E-state index contributed by atoms with van der Waals surface area (Å²) in [6, 6.07) is 14.7. The van der Waals surface area contributed by atoms with Crippen LogP contribution in [0.15, 0.2) is 59.5 Å². The first kappa shape index (κ1) is 22.2. The molecule has 1 fully saturated rings. The SMILES string of the molecule is Cl.NCC1CCCCC1NC(=O)c1ccc(S(=O)(=O)Nc2ccccc2)cc1. The number of nitrogens with two attached hydrogens (primary N) is 1. The van der Waals surface area contributed by atoms with Crippen molar-refractivity contribution in [3.63, 3.8) is 0 Å². The zero-order chi connectivity index (χ0) is 19.3. The van der Waals surface area contributed by atoms with Crippen LogP contribution in [0.4, 0.5) is 5.69 Å². The van der Waals surface area contributed by atoms with Gasteiger partial charge in [0.2, 0.25) is 0 Å². The minimum absolute atomic E-state index is 0. The molecule has 0 saturated heterocycles. The summed E-state index contributed by atoms with van der Waals surface area (Å²) in [6.45, 7) is 0.563. The van der Waals surface area contributed by atoms with Crippen molar-refractivity contribution in [1.29, 1.82) is 0 Å². The molecule has 2 aromatic rings. The minimum atomic E-state index is -3.69. The topological polar surface area (TPSA) is 101 Å². The van der Waals surface area contributed by atoms with Crippen LogP contribution in [-0.4, -0.2) is 26.9 Å². The van der Waals surface area contributed by atoms with Gasteiger partial charge in [0.25, 0.3) is 15.9 Å². The molecule has 4 N–H and O–H groups in total. The van der Waals surface area contributed by atoms with Gasteiger partial charge in [-0.15, -0.1) is 12.4 Å². The summed E-state index contributed by atoms with van der Waals surface area (Å²) in [7, 11) is -3.69. The van der Waals surface area contributed by atoms with Crippen LogP contribution >= 0.6 is 12.4 Å². The monoisotopic (exact) mass is 423 g/mol. The molecule has 0 spiro atoms. The Bertz CT molecular complexity index is 873. The molecular weight excluding hydrogens is 398 g/mol. The van der Waals surface area contributed by atoms with Crippen molar-refractivity contribution in [2.75, 3.05) is 11.3 Å². The van der Waals surface area contributed by atoms with Gasteiger partial charge in [0.05, 0.1) is 4.90 Å². The van der Waals surface area contributed by atoms with E-state index >= 15 is 0 Å². The molecule has 28 heavy (non-hydrogen) atoms. The van der Waals surface area contributed by atoms with Gasteiger partial charge in [-0.05, 0) is 61.7 Å². The number of hydrogen-bond donors (Lipinski definition) is 3. The van der Waals surface area contributed by atoms with Crippen molar-refractivity contribution in [3.05, 3.63) is 60.2 Å². The summed E-state index contributed by atoms with van der Waals surface area (Å²) in [5.74, 6) is 0.109. The summed E-state index contributed by atoms with van der Waals surface area (Å²) in [5, 5.41) is 3.05. The predicted octanol–water partition coefficient (Wildman–Crippen LogP) is 3.16. The van der Waals surface area contributed by atoms with Crippen molar-refractivity contribution in [3.8, 4) is 0 Å². The molecule has 2 aromatic carbocycles. The maximum absolute atomic E-state index is 12.5. The van der Waals surface area contributed by atoms with E-state index in [0.29, 0.717) is 23.7 Å². The molecule has 0 radical (unpaired) electrons. The third kappa shape index (κ3) is 5.47. The molecule has 2 atom stereocenters. The van der Waals surface area contributed by atoms with E-state index < -0.39 is 10.0 Å². The second kappa shape index (κ2) is 9.91. The lowest BCUT2D eigenvalue weighted by molar-refractivity contribution is 0.0908. The first-order chi connectivity index (χ1) is 13.0. The molecule has 0 aliphatic heterocycles. The summed E-state index contributed by atoms with van der Waals surface area (Å²) in [6.07, 6.45) is 4.20. The number of rotatable bonds is 6. The van der Waals surface area contributed by atoms with E-state index in [-0.39, 0.29) is 29.3 Å².